The number of aromatic nitrogens is 1. The van der Waals surface area contributed by atoms with Crippen LogP contribution >= 0.6 is 0 Å². The summed E-state index contributed by atoms with van der Waals surface area (Å²) in [5.41, 5.74) is 1.74. The standard InChI is InChI=1S/C26H31N3O2/c30-25(28-17-13-20(14-18-28)27-15-7-2-8-16-27)19-24-22-11-5-6-12-23(22)26(31)29(24)21-9-3-1-4-10-21/h1,3-6,9-12,20,31H,2,7-8,13-19H2. The van der Waals surface area contributed by atoms with Crippen molar-refractivity contribution in [2.75, 3.05) is 26.2 Å². The Bertz CT molecular complexity index is 1050. The molecule has 2 aliphatic rings. The van der Waals surface area contributed by atoms with Crippen molar-refractivity contribution in [3.05, 3.63) is 60.3 Å². The summed E-state index contributed by atoms with van der Waals surface area (Å²) in [6.45, 7) is 4.09. The number of hydrogen-bond donors (Lipinski definition) is 1. The Labute approximate surface area is 183 Å². The summed E-state index contributed by atoms with van der Waals surface area (Å²) < 4.78 is 1.84. The summed E-state index contributed by atoms with van der Waals surface area (Å²) in [5.74, 6) is 0.353. The maximum Gasteiger partial charge on any atom is 0.228 e. The minimum atomic E-state index is 0.150. The number of hydrogen-bond acceptors (Lipinski definition) is 3. The lowest BCUT2D eigenvalue weighted by molar-refractivity contribution is -0.132. The molecule has 0 radical (unpaired) electrons. The second-order valence-electron chi connectivity index (χ2n) is 8.87. The summed E-state index contributed by atoms with van der Waals surface area (Å²) in [6.07, 6.45) is 6.41. The van der Waals surface area contributed by atoms with Crippen molar-refractivity contribution < 1.29 is 9.90 Å². The Kier molecular flexibility index (Phi) is 5.68. The van der Waals surface area contributed by atoms with E-state index in [0.717, 1.165) is 48.1 Å². The maximum atomic E-state index is 13.3. The topological polar surface area (TPSA) is 48.7 Å². The molecule has 162 valence electrons. The molecule has 5 nitrogen and oxygen atoms in total. The van der Waals surface area contributed by atoms with E-state index in [9.17, 15) is 9.90 Å². The molecule has 0 aliphatic carbocycles. The molecule has 0 spiro atoms. The van der Waals surface area contributed by atoms with Gasteiger partial charge in [-0.2, -0.15) is 0 Å². The maximum absolute atomic E-state index is 13.3. The van der Waals surface area contributed by atoms with Crippen LogP contribution in [0.25, 0.3) is 16.5 Å². The zero-order valence-electron chi connectivity index (χ0n) is 18.0. The van der Waals surface area contributed by atoms with E-state index < -0.39 is 0 Å². The number of amides is 1. The normalized spacial score (nSPS) is 18.5. The molecular formula is C26H31N3O2. The molecule has 31 heavy (non-hydrogen) atoms. The number of rotatable bonds is 4. The molecule has 0 atom stereocenters. The van der Waals surface area contributed by atoms with Crippen LogP contribution in [-0.2, 0) is 11.2 Å². The molecule has 1 N–H and O–H groups in total. The zero-order valence-corrected chi connectivity index (χ0v) is 18.0. The van der Waals surface area contributed by atoms with Crippen LogP contribution in [0.4, 0.5) is 0 Å². The highest BCUT2D eigenvalue weighted by Gasteiger charge is 2.29. The van der Waals surface area contributed by atoms with Crippen LogP contribution in [0.5, 0.6) is 5.88 Å². The quantitative estimate of drug-likeness (QED) is 0.686. The summed E-state index contributed by atoms with van der Waals surface area (Å²) in [6, 6.07) is 18.2. The summed E-state index contributed by atoms with van der Waals surface area (Å²) in [4.78, 5) is 18.0. The molecule has 5 heteroatoms. The fourth-order valence-electron chi connectivity index (χ4n) is 5.35. The van der Waals surface area contributed by atoms with Crippen LogP contribution in [0.2, 0.25) is 0 Å². The average molecular weight is 418 g/mol. The smallest absolute Gasteiger partial charge is 0.228 e. The predicted molar refractivity (Wildman–Crippen MR) is 124 cm³/mol. The fraction of sp³-hybridized carbons (Fsp3) is 0.423. The molecule has 3 aromatic rings. The highest BCUT2D eigenvalue weighted by atomic mass is 16.3. The largest absolute Gasteiger partial charge is 0.494 e. The van der Waals surface area contributed by atoms with Gasteiger partial charge in [0, 0.05) is 41.3 Å². The summed E-state index contributed by atoms with van der Waals surface area (Å²) in [7, 11) is 0. The van der Waals surface area contributed by atoms with Gasteiger partial charge in [0.1, 0.15) is 0 Å². The van der Waals surface area contributed by atoms with Crippen LogP contribution in [-0.4, -0.2) is 57.6 Å². The van der Waals surface area contributed by atoms with Gasteiger partial charge in [-0.25, -0.2) is 0 Å². The van der Waals surface area contributed by atoms with Crippen molar-refractivity contribution in [2.24, 2.45) is 0 Å². The van der Waals surface area contributed by atoms with E-state index in [4.69, 9.17) is 0 Å². The van der Waals surface area contributed by atoms with E-state index in [1.165, 1.54) is 32.4 Å². The highest BCUT2D eigenvalue weighted by Crippen LogP contribution is 2.35. The van der Waals surface area contributed by atoms with Crippen molar-refractivity contribution in [2.45, 2.75) is 44.6 Å². The molecule has 2 aliphatic heterocycles. The van der Waals surface area contributed by atoms with Gasteiger partial charge in [0.15, 0.2) is 0 Å². The molecule has 5 rings (SSSR count). The zero-order chi connectivity index (χ0) is 21.2. The van der Waals surface area contributed by atoms with Crippen LogP contribution in [0.1, 0.15) is 37.8 Å². The minimum Gasteiger partial charge on any atom is -0.494 e. The molecule has 0 unspecified atom stereocenters. The number of piperidine rings is 2. The lowest BCUT2D eigenvalue weighted by Crippen LogP contribution is -2.48. The Morgan fingerprint density at radius 3 is 2.19 bits per heavy atom. The van der Waals surface area contributed by atoms with Crippen molar-refractivity contribution in [1.82, 2.24) is 14.4 Å². The van der Waals surface area contributed by atoms with Gasteiger partial charge in [-0.05, 0) is 57.0 Å². The number of para-hydroxylation sites is 1. The molecule has 2 fully saturated rings. The molecule has 0 bridgehead atoms. The third-order valence-corrected chi connectivity index (χ3v) is 7.02. The van der Waals surface area contributed by atoms with E-state index in [1.807, 2.05) is 64.1 Å². The molecule has 2 aromatic carbocycles. The second kappa shape index (κ2) is 8.75. The Hall–Kier alpha value is -2.79. The molecule has 0 saturated carbocycles. The van der Waals surface area contributed by atoms with E-state index in [1.54, 1.807) is 0 Å². The van der Waals surface area contributed by atoms with Gasteiger partial charge in [0.2, 0.25) is 11.8 Å². The number of nitrogens with zero attached hydrogens (tertiary/aromatic N) is 3. The van der Waals surface area contributed by atoms with Gasteiger partial charge in [0.25, 0.3) is 0 Å². The predicted octanol–water partition coefficient (Wildman–Crippen LogP) is 4.36. The number of aromatic hydroxyl groups is 1. The fourth-order valence-corrected chi connectivity index (χ4v) is 5.35. The van der Waals surface area contributed by atoms with Gasteiger partial charge < -0.3 is 14.9 Å². The second-order valence-corrected chi connectivity index (χ2v) is 8.87. The number of likely N-dealkylation sites (tertiary alicyclic amines) is 2. The highest BCUT2D eigenvalue weighted by molar-refractivity contribution is 5.94. The average Bonchev–Trinajstić information content (AvgIpc) is 3.12. The first-order valence-corrected chi connectivity index (χ1v) is 11.6. The van der Waals surface area contributed by atoms with Gasteiger partial charge in [0.05, 0.1) is 6.42 Å². The van der Waals surface area contributed by atoms with Crippen molar-refractivity contribution in [3.8, 4) is 11.6 Å². The molecular weight excluding hydrogens is 386 g/mol. The number of benzene rings is 2. The molecule has 1 aromatic heterocycles. The molecule has 3 heterocycles. The van der Waals surface area contributed by atoms with E-state index >= 15 is 0 Å². The van der Waals surface area contributed by atoms with Crippen LogP contribution < -0.4 is 0 Å². The SMILES string of the molecule is O=C(Cc1c2ccccc2c(O)n1-c1ccccc1)N1CCC(N2CCCCC2)CC1. The summed E-state index contributed by atoms with van der Waals surface area (Å²) in [5, 5.41) is 12.7. The summed E-state index contributed by atoms with van der Waals surface area (Å²) >= 11 is 0. The van der Waals surface area contributed by atoms with Crippen molar-refractivity contribution >= 4 is 16.7 Å². The first-order chi connectivity index (χ1) is 15.2. The molecule has 2 saturated heterocycles. The van der Waals surface area contributed by atoms with Crippen LogP contribution in [0.15, 0.2) is 54.6 Å². The van der Waals surface area contributed by atoms with E-state index in [2.05, 4.69) is 4.90 Å². The number of carbonyl (C=O) groups excluding carboxylic acids is 1. The molecule has 1 amide bonds. The van der Waals surface area contributed by atoms with Crippen LogP contribution in [0, 0.1) is 0 Å². The third-order valence-electron chi connectivity index (χ3n) is 7.02. The minimum absolute atomic E-state index is 0.150. The number of fused-ring (bicyclic) bond motifs is 1. The van der Waals surface area contributed by atoms with Crippen molar-refractivity contribution in [3.63, 3.8) is 0 Å². The van der Waals surface area contributed by atoms with Crippen molar-refractivity contribution in [1.29, 1.82) is 0 Å². The monoisotopic (exact) mass is 417 g/mol. The Morgan fingerprint density at radius 1 is 0.839 bits per heavy atom. The lowest BCUT2D eigenvalue weighted by atomic mass is 9.99. The first-order valence-electron chi connectivity index (χ1n) is 11.6. The van der Waals surface area contributed by atoms with Gasteiger partial charge in [-0.1, -0.05) is 42.8 Å². The Morgan fingerprint density at radius 2 is 1.48 bits per heavy atom. The lowest BCUT2D eigenvalue weighted by Gasteiger charge is -2.40. The number of carbonyl (C=O) groups is 1. The van der Waals surface area contributed by atoms with Gasteiger partial charge in [-0.15, -0.1) is 0 Å². The van der Waals surface area contributed by atoms with Gasteiger partial charge in [-0.3, -0.25) is 9.36 Å². The van der Waals surface area contributed by atoms with Crippen LogP contribution in [0.3, 0.4) is 0 Å². The van der Waals surface area contributed by atoms with E-state index in [-0.39, 0.29) is 11.8 Å². The van der Waals surface area contributed by atoms with Gasteiger partial charge >= 0.3 is 0 Å². The van der Waals surface area contributed by atoms with E-state index in [0.29, 0.717) is 12.5 Å². The first kappa shape index (κ1) is 20.1. The Balaban J connectivity index is 1.36. The third kappa shape index (κ3) is 3.94.